The molecule has 0 aromatic carbocycles. The van der Waals surface area contributed by atoms with Gasteiger partial charge in [0.1, 0.15) is 0 Å². The van der Waals surface area contributed by atoms with E-state index in [-0.39, 0.29) is 18.5 Å². The molecule has 6 heteroatoms. The lowest BCUT2D eigenvalue weighted by molar-refractivity contribution is -0.143. The molecular formula is C58H113NO5. The lowest BCUT2D eigenvalue weighted by atomic mass is 10.0. The summed E-state index contributed by atoms with van der Waals surface area (Å²) in [6.07, 6.45) is 63.4. The SMILES string of the molecule is CCCCCCC/C=C\CCCCCCCC(=O)OCCCCCCCCCCCCCCCCCCC(=O)NC(CO)C(O)CCCCCCCCCCCCCCCCCCC. The molecule has 64 heavy (non-hydrogen) atoms. The molecule has 6 nitrogen and oxygen atoms in total. The van der Waals surface area contributed by atoms with Gasteiger partial charge in [-0.2, -0.15) is 0 Å². The number of esters is 1. The fourth-order valence-electron chi connectivity index (χ4n) is 9.11. The molecule has 0 saturated carbocycles. The highest BCUT2D eigenvalue weighted by Gasteiger charge is 2.20. The number of carbonyl (C=O) groups excluding carboxylic acids is 2. The van der Waals surface area contributed by atoms with Gasteiger partial charge in [-0.15, -0.1) is 0 Å². The third kappa shape index (κ3) is 50.0. The number of nitrogens with one attached hydrogen (secondary N) is 1. The van der Waals surface area contributed by atoms with Crippen molar-refractivity contribution >= 4 is 11.9 Å². The Morgan fingerprint density at radius 2 is 0.734 bits per heavy atom. The molecule has 0 aliphatic rings. The largest absolute Gasteiger partial charge is 0.466 e. The molecule has 0 fully saturated rings. The zero-order chi connectivity index (χ0) is 46.5. The van der Waals surface area contributed by atoms with Gasteiger partial charge < -0.3 is 20.3 Å². The molecule has 0 aliphatic carbocycles. The fraction of sp³-hybridized carbons (Fsp3) is 0.931. The van der Waals surface area contributed by atoms with Crippen molar-refractivity contribution in [3.05, 3.63) is 12.2 Å². The summed E-state index contributed by atoms with van der Waals surface area (Å²) in [4.78, 5) is 24.5. The van der Waals surface area contributed by atoms with Crippen LogP contribution in [0.4, 0.5) is 0 Å². The van der Waals surface area contributed by atoms with E-state index in [1.54, 1.807) is 0 Å². The summed E-state index contributed by atoms with van der Waals surface area (Å²) >= 11 is 0. The Labute approximate surface area is 399 Å². The molecule has 0 bridgehead atoms. The van der Waals surface area contributed by atoms with Crippen LogP contribution in [0.3, 0.4) is 0 Å². The highest BCUT2D eigenvalue weighted by Crippen LogP contribution is 2.17. The predicted molar refractivity (Wildman–Crippen MR) is 278 cm³/mol. The molecule has 2 unspecified atom stereocenters. The Morgan fingerprint density at radius 3 is 1.11 bits per heavy atom. The second kappa shape index (κ2) is 54.2. The van der Waals surface area contributed by atoms with Gasteiger partial charge in [0.05, 0.1) is 25.4 Å². The Hall–Kier alpha value is -1.40. The first-order valence-electron chi connectivity index (χ1n) is 28.9. The third-order valence-corrected chi connectivity index (χ3v) is 13.6. The summed E-state index contributed by atoms with van der Waals surface area (Å²) in [5.74, 6) is -0.0440. The molecule has 380 valence electrons. The molecule has 0 radical (unpaired) electrons. The Kier molecular flexibility index (Phi) is 53.0. The molecule has 0 rings (SSSR count). The van der Waals surface area contributed by atoms with E-state index in [4.69, 9.17) is 4.74 Å². The summed E-state index contributed by atoms with van der Waals surface area (Å²) in [5, 5.41) is 23.3. The Bertz CT molecular complexity index is 955. The predicted octanol–water partition coefficient (Wildman–Crippen LogP) is 17.7. The standard InChI is InChI=1S/C58H113NO5/c1-3-5-7-9-11-13-15-17-19-20-23-26-30-34-38-42-46-50-56(61)55(54-60)59-57(62)51-47-43-39-35-31-27-24-21-22-25-29-33-37-41-45-49-53-64-58(63)52-48-44-40-36-32-28-18-16-14-12-10-8-6-4-2/h16,18,55-56,60-61H,3-15,17,19-54H2,1-2H3,(H,59,62)/b18-16-. The first-order valence-corrected chi connectivity index (χ1v) is 28.9. The molecule has 0 heterocycles. The van der Waals surface area contributed by atoms with E-state index in [0.29, 0.717) is 25.9 Å². The van der Waals surface area contributed by atoms with Crippen LogP contribution in [0.5, 0.6) is 0 Å². The molecule has 0 aromatic rings. The smallest absolute Gasteiger partial charge is 0.305 e. The van der Waals surface area contributed by atoms with E-state index in [1.165, 1.54) is 244 Å². The van der Waals surface area contributed by atoms with Crippen LogP contribution in [0, 0.1) is 0 Å². The van der Waals surface area contributed by atoms with Crippen LogP contribution in [0.2, 0.25) is 0 Å². The zero-order valence-electron chi connectivity index (χ0n) is 43.3. The molecular weight excluding hydrogens is 791 g/mol. The highest BCUT2D eigenvalue weighted by atomic mass is 16.5. The topological polar surface area (TPSA) is 95.9 Å². The monoisotopic (exact) mass is 904 g/mol. The average molecular weight is 905 g/mol. The van der Waals surface area contributed by atoms with Crippen LogP contribution in [0.25, 0.3) is 0 Å². The van der Waals surface area contributed by atoms with Gasteiger partial charge in [-0.1, -0.05) is 270 Å². The minimum absolute atomic E-state index is 0.00465. The lowest BCUT2D eigenvalue weighted by Crippen LogP contribution is -2.45. The molecule has 2 atom stereocenters. The number of rotatable bonds is 54. The van der Waals surface area contributed by atoms with Gasteiger partial charge in [-0.25, -0.2) is 0 Å². The minimum atomic E-state index is -0.668. The normalized spacial score (nSPS) is 12.6. The van der Waals surface area contributed by atoms with Crippen molar-refractivity contribution in [2.75, 3.05) is 13.2 Å². The zero-order valence-corrected chi connectivity index (χ0v) is 43.3. The van der Waals surface area contributed by atoms with Crippen molar-refractivity contribution in [3.63, 3.8) is 0 Å². The Balaban J connectivity index is 3.42. The van der Waals surface area contributed by atoms with Gasteiger partial charge >= 0.3 is 5.97 Å². The van der Waals surface area contributed by atoms with Gasteiger partial charge in [0.25, 0.3) is 0 Å². The van der Waals surface area contributed by atoms with E-state index >= 15 is 0 Å². The number of amides is 1. The summed E-state index contributed by atoms with van der Waals surface area (Å²) < 4.78 is 5.47. The number of carbonyl (C=O) groups is 2. The van der Waals surface area contributed by atoms with Crippen LogP contribution in [0.1, 0.15) is 322 Å². The van der Waals surface area contributed by atoms with Crippen molar-refractivity contribution in [1.82, 2.24) is 5.32 Å². The maximum absolute atomic E-state index is 12.5. The Morgan fingerprint density at radius 1 is 0.422 bits per heavy atom. The van der Waals surface area contributed by atoms with Gasteiger partial charge in [0.15, 0.2) is 0 Å². The summed E-state index contributed by atoms with van der Waals surface area (Å²) in [5.41, 5.74) is 0. The number of aliphatic hydroxyl groups excluding tert-OH is 2. The van der Waals surface area contributed by atoms with Gasteiger partial charge in [0.2, 0.25) is 5.91 Å². The van der Waals surface area contributed by atoms with E-state index in [2.05, 4.69) is 31.3 Å². The van der Waals surface area contributed by atoms with E-state index in [1.807, 2.05) is 0 Å². The number of hydrogen-bond acceptors (Lipinski definition) is 5. The second-order valence-corrected chi connectivity index (χ2v) is 20.0. The molecule has 0 spiro atoms. The maximum Gasteiger partial charge on any atom is 0.305 e. The fourth-order valence-corrected chi connectivity index (χ4v) is 9.11. The van der Waals surface area contributed by atoms with Crippen LogP contribution in [0.15, 0.2) is 12.2 Å². The second-order valence-electron chi connectivity index (χ2n) is 20.0. The van der Waals surface area contributed by atoms with Crippen LogP contribution >= 0.6 is 0 Å². The highest BCUT2D eigenvalue weighted by molar-refractivity contribution is 5.76. The minimum Gasteiger partial charge on any atom is -0.466 e. The van der Waals surface area contributed by atoms with E-state index in [9.17, 15) is 19.8 Å². The lowest BCUT2D eigenvalue weighted by Gasteiger charge is -2.22. The number of ether oxygens (including phenoxy) is 1. The summed E-state index contributed by atoms with van der Waals surface area (Å²) in [6.45, 7) is 4.95. The third-order valence-electron chi connectivity index (χ3n) is 13.6. The summed E-state index contributed by atoms with van der Waals surface area (Å²) in [6, 6.07) is -0.546. The van der Waals surface area contributed by atoms with Gasteiger partial charge in [-0.3, -0.25) is 9.59 Å². The van der Waals surface area contributed by atoms with Crippen molar-refractivity contribution in [2.24, 2.45) is 0 Å². The first kappa shape index (κ1) is 62.6. The van der Waals surface area contributed by atoms with Crippen LogP contribution in [-0.4, -0.2) is 47.4 Å². The van der Waals surface area contributed by atoms with Gasteiger partial charge in [-0.05, 0) is 51.4 Å². The van der Waals surface area contributed by atoms with Crippen LogP contribution < -0.4 is 5.32 Å². The molecule has 0 aliphatic heterocycles. The number of aliphatic hydroxyl groups is 2. The van der Waals surface area contributed by atoms with Crippen LogP contribution in [-0.2, 0) is 14.3 Å². The molecule has 0 aromatic heterocycles. The average Bonchev–Trinajstić information content (AvgIpc) is 3.29. The van der Waals surface area contributed by atoms with Crippen molar-refractivity contribution in [1.29, 1.82) is 0 Å². The van der Waals surface area contributed by atoms with Crippen molar-refractivity contribution < 1.29 is 24.5 Å². The van der Waals surface area contributed by atoms with E-state index < -0.39 is 12.1 Å². The van der Waals surface area contributed by atoms with Gasteiger partial charge in [0, 0.05) is 12.8 Å². The first-order chi connectivity index (χ1) is 31.5. The number of unbranched alkanes of at least 4 members (excludes halogenated alkanes) is 41. The molecule has 0 saturated heterocycles. The number of allylic oxidation sites excluding steroid dienone is 2. The van der Waals surface area contributed by atoms with E-state index in [0.717, 1.165) is 44.9 Å². The maximum atomic E-state index is 12.5. The summed E-state index contributed by atoms with van der Waals surface area (Å²) in [7, 11) is 0. The van der Waals surface area contributed by atoms with Crippen molar-refractivity contribution in [3.8, 4) is 0 Å². The quantitative estimate of drug-likeness (QED) is 0.0321. The molecule has 1 amide bonds. The van der Waals surface area contributed by atoms with Crippen molar-refractivity contribution in [2.45, 2.75) is 334 Å². The number of hydrogen-bond donors (Lipinski definition) is 3. The molecule has 3 N–H and O–H groups in total.